The first-order chi connectivity index (χ1) is 6.91. The van der Waals surface area contributed by atoms with Crippen LogP contribution in [-0.2, 0) is 4.79 Å². The summed E-state index contributed by atoms with van der Waals surface area (Å²) in [6, 6.07) is 3.68. The first-order valence-electron chi connectivity index (χ1n) is 4.91. The van der Waals surface area contributed by atoms with Crippen molar-refractivity contribution in [1.29, 1.82) is 0 Å². The fraction of sp³-hybridized carbons (Fsp3) is 0.308. The number of hydrogen-bond donors (Lipinski definition) is 1. The predicted molar refractivity (Wildman–Crippen MR) is 61.9 cm³/mol. The second-order valence-electron chi connectivity index (χ2n) is 3.88. The van der Waals surface area contributed by atoms with Crippen LogP contribution in [0.4, 0.5) is 0 Å². The van der Waals surface area contributed by atoms with Crippen LogP contribution in [0.5, 0.6) is 5.75 Å². The van der Waals surface area contributed by atoms with Gasteiger partial charge in [0.2, 0.25) is 0 Å². The van der Waals surface area contributed by atoms with Crippen LogP contribution in [0.25, 0.3) is 6.08 Å². The summed E-state index contributed by atoms with van der Waals surface area (Å²) in [5, 5.41) is 9.62. The number of phenolic OH excluding ortho intramolecular Hbond substituents is 1. The van der Waals surface area contributed by atoms with Gasteiger partial charge < -0.3 is 5.11 Å². The molecule has 0 aliphatic carbocycles. The molecule has 0 aliphatic heterocycles. The monoisotopic (exact) mass is 204 g/mol. The molecule has 0 radical (unpaired) electrons. The molecule has 0 bridgehead atoms. The van der Waals surface area contributed by atoms with E-state index in [1.54, 1.807) is 13.0 Å². The van der Waals surface area contributed by atoms with Gasteiger partial charge in [-0.05, 0) is 62.1 Å². The summed E-state index contributed by atoms with van der Waals surface area (Å²) in [5.41, 5.74) is 3.39. The second-order valence-corrected chi connectivity index (χ2v) is 3.88. The maximum Gasteiger partial charge on any atom is 0.155 e. The van der Waals surface area contributed by atoms with E-state index >= 15 is 0 Å². The van der Waals surface area contributed by atoms with Gasteiger partial charge in [-0.3, -0.25) is 4.79 Å². The maximum atomic E-state index is 11.1. The van der Waals surface area contributed by atoms with Crippen molar-refractivity contribution in [3.8, 4) is 5.75 Å². The van der Waals surface area contributed by atoms with E-state index in [-0.39, 0.29) is 11.5 Å². The first-order valence-corrected chi connectivity index (χ1v) is 4.91. The number of benzene rings is 1. The molecular formula is C13H16O2. The lowest BCUT2D eigenvalue weighted by Gasteiger charge is -2.06. The highest BCUT2D eigenvalue weighted by atomic mass is 16.3. The molecule has 1 N–H and O–H groups in total. The van der Waals surface area contributed by atoms with E-state index in [0.717, 1.165) is 16.7 Å². The molecule has 0 unspecified atom stereocenters. The summed E-state index contributed by atoms with van der Waals surface area (Å²) in [5.74, 6) is 0.327. The van der Waals surface area contributed by atoms with Gasteiger partial charge in [-0.1, -0.05) is 6.07 Å². The van der Waals surface area contributed by atoms with Gasteiger partial charge in [0, 0.05) is 0 Å². The third-order valence-corrected chi connectivity index (χ3v) is 2.49. The number of allylic oxidation sites excluding steroid dienone is 1. The predicted octanol–water partition coefficient (Wildman–Crippen LogP) is 3.00. The van der Waals surface area contributed by atoms with Crippen molar-refractivity contribution in [1.82, 2.24) is 0 Å². The summed E-state index contributed by atoms with van der Waals surface area (Å²) in [6.07, 6.45) is 1.81. The highest BCUT2D eigenvalue weighted by molar-refractivity contribution is 5.97. The van der Waals surface area contributed by atoms with Crippen molar-refractivity contribution in [3.63, 3.8) is 0 Å². The van der Waals surface area contributed by atoms with Gasteiger partial charge in [-0.2, -0.15) is 0 Å². The van der Waals surface area contributed by atoms with Crippen molar-refractivity contribution in [2.45, 2.75) is 27.7 Å². The Bertz CT molecular complexity index is 428. The van der Waals surface area contributed by atoms with E-state index in [4.69, 9.17) is 0 Å². The quantitative estimate of drug-likeness (QED) is 0.752. The number of phenols is 1. The Morgan fingerprint density at radius 3 is 2.40 bits per heavy atom. The van der Waals surface area contributed by atoms with Crippen LogP contribution in [0.15, 0.2) is 17.7 Å². The van der Waals surface area contributed by atoms with Gasteiger partial charge in [0.1, 0.15) is 5.75 Å². The molecule has 1 rings (SSSR count). The summed E-state index contributed by atoms with van der Waals surface area (Å²) in [6.45, 7) is 7.07. The Morgan fingerprint density at radius 1 is 1.27 bits per heavy atom. The van der Waals surface area contributed by atoms with Gasteiger partial charge in [0.15, 0.2) is 5.78 Å². The van der Waals surface area contributed by atoms with Crippen LogP contribution in [-0.4, -0.2) is 10.9 Å². The summed E-state index contributed by atoms with van der Waals surface area (Å²) < 4.78 is 0. The smallest absolute Gasteiger partial charge is 0.155 e. The van der Waals surface area contributed by atoms with E-state index in [9.17, 15) is 9.90 Å². The second kappa shape index (κ2) is 4.30. The van der Waals surface area contributed by atoms with Gasteiger partial charge >= 0.3 is 0 Å². The third-order valence-electron chi connectivity index (χ3n) is 2.49. The molecule has 2 heteroatoms. The molecule has 0 atom stereocenters. The lowest BCUT2D eigenvalue weighted by atomic mass is 10.0. The highest BCUT2D eigenvalue weighted by Gasteiger charge is 2.04. The molecule has 1 aromatic rings. The number of ketones is 1. The zero-order valence-electron chi connectivity index (χ0n) is 9.59. The highest BCUT2D eigenvalue weighted by Crippen LogP contribution is 2.24. The van der Waals surface area contributed by atoms with E-state index in [0.29, 0.717) is 5.57 Å². The van der Waals surface area contributed by atoms with Crippen LogP contribution in [0.1, 0.15) is 30.5 Å². The number of aromatic hydroxyl groups is 1. The zero-order valence-corrected chi connectivity index (χ0v) is 9.59. The molecule has 80 valence electrons. The van der Waals surface area contributed by atoms with Crippen LogP contribution in [0.2, 0.25) is 0 Å². The van der Waals surface area contributed by atoms with Crippen molar-refractivity contribution < 1.29 is 9.90 Å². The number of Topliss-reactive ketones (excluding diaryl/α,β-unsaturated/α-hetero) is 1. The minimum atomic E-state index is 0.0513. The van der Waals surface area contributed by atoms with E-state index in [1.807, 2.05) is 26.0 Å². The largest absolute Gasteiger partial charge is 0.508 e. The molecule has 0 amide bonds. The van der Waals surface area contributed by atoms with E-state index in [2.05, 4.69) is 0 Å². The van der Waals surface area contributed by atoms with Crippen LogP contribution in [0.3, 0.4) is 0 Å². The van der Waals surface area contributed by atoms with Crippen molar-refractivity contribution >= 4 is 11.9 Å². The van der Waals surface area contributed by atoms with Crippen LogP contribution >= 0.6 is 0 Å². The Labute approximate surface area is 90.3 Å². The summed E-state index contributed by atoms with van der Waals surface area (Å²) in [7, 11) is 0. The average Bonchev–Trinajstić information content (AvgIpc) is 2.13. The van der Waals surface area contributed by atoms with Crippen molar-refractivity contribution in [2.75, 3.05) is 0 Å². The molecule has 0 saturated heterocycles. The van der Waals surface area contributed by atoms with E-state index < -0.39 is 0 Å². The Morgan fingerprint density at radius 2 is 1.87 bits per heavy atom. The number of rotatable bonds is 2. The third kappa shape index (κ3) is 2.69. The zero-order chi connectivity index (χ0) is 11.6. The number of carbonyl (C=O) groups excluding carboxylic acids is 1. The number of carbonyl (C=O) groups is 1. The van der Waals surface area contributed by atoms with Gasteiger partial charge in [-0.25, -0.2) is 0 Å². The first kappa shape index (κ1) is 11.5. The molecule has 0 spiro atoms. The SMILES string of the molecule is CC(=O)/C(C)=C/c1cc(C)cc(O)c1C. The van der Waals surface area contributed by atoms with Gasteiger partial charge in [-0.15, -0.1) is 0 Å². The van der Waals surface area contributed by atoms with Crippen molar-refractivity contribution in [3.05, 3.63) is 34.4 Å². The molecule has 1 aromatic carbocycles. The molecule has 0 heterocycles. The van der Waals surface area contributed by atoms with E-state index in [1.165, 1.54) is 6.92 Å². The molecule has 0 fully saturated rings. The molecule has 2 nitrogen and oxygen atoms in total. The average molecular weight is 204 g/mol. The molecule has 0 aromatic heterocycles. The minimum absolute atomic E-state index is 0.0513. The normalized spacial score (nSPS) is 11.6. The Balaban J connectivity index is 3.26. The Hall–Kier alpha value is -1.57. The van der Waals surface area contributed by atoms with Crippen LogP contribution in [0, 0.1) is 13.8 Å². The summed E-state index contributed by atoms with van der Waals surface area (Å²) >= 11 is 0. The number of hydrogen-bond acceptors (Lipinski definition) is 2. The van der Waals surface area contributed by atoms with Crippen molar-refractivity contribution in [2.24, 2.45) is 0 Å². The fourth-order valence-corrected chi connectivity index (χ4v) is 1.35. The lowest BCUT2D eigenvalue weighted by Crippen LogP contribution is -1.92. The Kier molecular flexibility index (Phi) is 3.30. The fourth-order valence-electron chi connectivity index (χ4n) is 1.35. The van der Waals surface area contributed by atoms with Gasteiger partial charge in [0.25, 0.3) is 0 Å². The minimum Gasteiger partial charge on any atom is -0.508 e. The molecule has 0 aliphatic rings. The van der Waals surface area contributed by atoms with Gasteiger partial charge in [0.05, 0.1) is 0 Å². The van der Waals surface area contributed by atoms with Crippen LogP contribution < -0.4 is 0 Å². The topological polar surface area (TPSA) is 37.3 Å². The molecular weight excluding hydrogens is 188 g/mol. The molecule has 15 heavy (non-hydrogen) atoms. The number of aryl methyl sites for hydroxylation is 1. The lowest BCUT2D eigenvalue weighted by molar-refractivity contribution is -0.113. The standard InChI is InChI=1S/C13H16O2/c1-8-5-12(7-9(2)11(4)14)10(3)13(15)6-8/h5-7,15H,1-4H3/b9-7+. The maximum absolute atomic E-state index is 11.1. The summed E-state index contributed by atoms with van der Waals surface area (Å²) in [4.78, 5) is 11.1. The molecule has 0 saturated carbocycles.